The first-order chi connectivity index (χ1) is 12.5. The van der Waals surface area contributed by atoms with Gasteiger partial charge in [0, 0.05) is 12.5 Å². The molecule has 26 heavy (non-hydrogen) atoms. The third kappa shape index (κ3) is 2.40. The molecule has 4 fully saturated rings. The quantitative estimate of drug-likeness (QED) is 0.925. The molecule has 136 valence electrons. The molecule has 0 aliphatic heterocycles. The van der Waals surface area contributed by atoms with Crippen molar-refractivity contribution in [3.05, 3.63) is 40.4 Å². The minimum Gasteiger partial charge on any atom is -0.348 e. The molecule has 0 unspecified atom stereocenters. The number of nitrogens with zero attached hydrogens (tertiary/aromatic N) is 2. The molecule has 0 spiro atoms. The predicted molar refractivity (Wildman–Crippen MR) is 99.4 cm³/mol. The lowest BCUT2D eigenvalue weighted by Crippen LogP contribution is -2.53. The lowest BCUT2D eigenvalue weighted by Gasteiger charge is -2.55. The van der Waals surface area contributed by atoms with Gasteiger partial charge in [-0.1, -0.05) is 12.1 Å². The Bertz CT molecular complexity index is 911. The zero-order chi connectivity index (χ0) is 17.9. The fourth-order valence-electron chi connectivity index (χ4n) is 6.16. The van der Waals surface area contributed by atoms with Crippen LogP contribution in [0.5, 0.6) is 0 Å². The fourth-order valence-corrected chi connectivity index (χ4v) is 6.16. The first kappa shape index (κ1) is 16.0. The van der Waals surface area contributed by atoms with Crippen LogP contribution in [-0.2, 0) is 18.4 Å². The highest BCUT2D eigenvalue weighted by atomic mass is 16.2. The van der Waals surface area contributed by atoms with Crippen molar-refractivity contribution >= 4 is 16.8 Å². The van der Waals surface area contributed by atoms with Crippen molar-refractivity contribution < 1.29 is 4.79 Å². The van der Waals surface area contributed by atoms with E-state index in [1.807, 2.05) is 18.2 Å². The summed E-state index contributed by atoms with van der Waals surface area (Å²) in [6.45, 7) is 0.317. The number of hydrogen-bond donors (Lipinski definition) is 1. The van der Waals surface area contributed by atoms with Crippen LogP contribution in [0.4, 0.5) is 0 Å². The molecule has 2 aromatic rings. The second-order valence-electron chi connectivity index (χ2n) is 8.79. The Hall–Kier alpha value is -2.17. The molecule has 1 aromatic carbocycles. The van der Waals surface area contributed by atoms with E-state index < -0.39 is 0 Å². The van der Waals surface area contributed by atoms with Gasteiger partial charge in [0.15, 0.2) is 0 Å². The summed E-state index contributed by atoms with van der Waals surface area (Å²) in [7, 11) is 1.73. The molecule has 1 N–H and O–H groups in total. The standard InChI is InChI=1S/C21H25N3O2/c1-24-18(23-17-5-3-2-4-16(17)19(24)25)12-22-20(26)21-9-13-6-14(10-21)8-15(7-13)11-21/h2-5,13-15H,6-12H2,1H3,(H,22,26). The Balaban J connectivity index is 1.38. The third-order valence-electron chi connectivity index (χ3n) is 7.00. The zero-order valence-electron chi connectivity index (χ0n) is 15.2. The van der Waals surface area contributed by atoms with Crippen LogP contribution in [0, 0.1) is 23.2 Å². The Morgan fingerprint density at radius 1 is 1.15 bits per heavy atom. The van der Waals surface area contributed by atoms with Crippen molar-refractivity contribution in [3.8, 4) is 0 Å². The summed E-state index contributed by atoms with van der Waals surface area (Å²) < 4.78 is 1.56. The van der Waals surface area contributed by atoms with Crippen LogP contribution in [0.15, 0.2) is 29.1 Å². The van der Waals surface area contributed by atoms with Crippen LogP contribution in [0.1, 0.15) is 44.3 Å². The summed E-state index contributed by atoms with van der Waals surface area (Å²) in [5.74, 6) is 3.03. The van der Waals surface area contributed by atoms with Crippen LogP contribution in [-0.4, -0.2) is 15.5 Å². The second-order valence-corrected chi connectivity index (χ2v) is 8.79. The third-order valence-corrected chi connectivity index (χ3v) is 7.00. The number of rotatable bonds is 3. The molecule has 1 amide bonds. The van der Waals surface area contributed by atoms with Crippen molar-refractivity contribution in [1.29, 1.82) is 0 Å². The number of amides is 1. The van der Waals surface area contributed by atoms with Crippen LogP contribution in [0.25, 0.3) is 10.9 Å². The Morgan fingerprint density at radius 2 is 1.77 bits per heavy atom. The molecule has 0 atom stereocenters. The fraction of sp³-hybridized carbons (Fsp3) is 0.571. The summed E-state index contributed by atoms with van der Waals surface area (Å²) in [4.78, 5) is 30.2. The zero-order valence-corrected chi connectivity index (χ0v) is 15.2. The number of benzene rings is 1. The molecule has 0 saturated heterocycles. The summed E-state index contributed by atoms with van der Waals surface area (Å²) in [5, 5.41) is 3.74. The van der Waals surface area contributed by atoms with Gasteiger partial charge >= 0.3 is 0 Å². The van der Waals surface area contributed by atoms with Gasteiger partial charge in [-0.05, 0) is 68.4 Å². The SMILES string of the molecule is Cn1c(CNC(=O)C23CC4CC(CC(C4)C2)C3)nc2ccccc2c1=O. The minimum absolute atomic E-state index is 0.0605. The van der Waals surface area contributed by atoms with E-state index in [1.165, 1.54) is 19.3 Å². The number of carbonyl (C=O) groups is 1. The summed E-state index contributed by atoms with van der Waals surface area (Å²) >= 11 is 0. The molecule has 5 nitrogen and oxygen atoms in total. The first-order valence-corrected chi connectivity index (χ1v) is 9.77. The van der Waals surface area contributed by atoms with E-state index in [4.69, 9.17) is 0 Å². The second kappa shape index (κ2) is 5.66. The summed E-state index contributed by atoms with van der Waals surface area (Å²) in [6, 6.07) is 7.37. The van der Waals surface area contributed by atoms with Gasteiger partial charge in [-0.2, -0.15) is 0 Å². The Kier molecular flexibility index (Phi) is 3.49. The first-order valence-electron chi connectivity index (χ1n) is 9.77. The van der Waals surface area contributed by atoms with E-state index in [0.29, 0.717) is 23.3 Å². The van der Waals surface area contributed by atoms with Crippen molar-refractivity contribution in [2.24, 2.45) is 30.2 Å². The molecule has 4 aliphatic carbocycles. The normalized spacial score (nSPS) is 32.1. The predicted octanol–water partition coefficient (Wildman–Crippen LogP) is 2.77. The van der Waals surface area contributed by atoms with Gasteiger partial charge in [-0.25, -0.2) is 4.98 Å². The largest absolute Gasteiger partial charge is 0.348 e. The van der Waals surface area contributed by atoms with E-state index in [1.54, 1.807) is 17.7 Å². The van der Waals surface area contributed by atoms with Crippen LogP contribution in [0.2, 0.25) is 0 Å². The number of hydrogen-bond acceptors (Lipinski definition) is 3. The van der Waals surface area contributed by atoms with Gasteiger partial charge in [0.05, 0.1) is 17.4 Å². The number of carbonyl (C=O) groups excluding carboxylic acids is 1. The van der Waals surface area contributed by atoms with Crippen molar-refractivity contribution in [2.75, 3.05) is 0 Å². The molecular weight excluding hydrogens is 326 g/mol. The van der Waals surface area contributed by atoms with Gasteiger partial charge < -0.3 is 5.32 Å². The maximum atomic E-state index is 13.1. The number of para-hydroxylation sites is 1. The van der Waals surface area contributed by atoms with E-state index >= 15 is 0 Å². The molecular formula is C21H25N3O2. The van der Waals surface area contributed by atoms with Gasteiger partial charge in [0.2, 0.25) is 5.91 Å². The van der Waals surface area contributed by atoms with E-state index in [0.717, 1.165) is 37.0 Å². The molecule has 1 aromatic heterocycles. The van der Waals surface area contributed by atoms with Crippen LogP contribution < -0.4 is 10.9 Å². The average Bonchev–Trinajstić information content (AvgIpc) is 2.62. The lowest BCUT2D eigenvalue weighted by atomic mass is 9.49. The highest BCUT2D eigenvalue weighted by Gasteiger charge is 2.54. The maximum Gasteiger partial charge on any atom is 0.261 e. The van der Waals surface area contributed by atoms with Gasteiger partial charge in [0.25, 0.3) is 5.56 Å². The van der Waals surface area contributed by atoms with E-state index in [9.17, 15) is 9.59 Å². The molecule has 1 heterocycles. The van der Waals surface area contributed by atoms with Gasteiger partial charge in [-0.3, -0.25) is 14.2 Å². The van der Waals surface area contributed by atoms with Gasteiger partial charge in [0.1, 0.15) is 5.82 Å². The number of aromatic nitrogens is 2. The Morgan fingerprint density at radius 3 is 2.42 bits per heavy atom. The Labute approximate surface area is 152 Å². The van der Waals surface area contributed by atoms with Crippen LogP contribution >= 0.6 is 0 Å². The monoisotopic (exact) mass is 351 g/mol. The van der Waals surface area contributed by atoms with Crippen molar-refractivity contribution in [1.82, 2.24) is 14.9 Å². The molecule has 0 radical (unpaired) electrons. The lowest BCUT2D eigenvalue weighted by molar-refractivity contribution is -0.146. The molecule has 4 saturated carbocycles. The molecule has 4 bridgehead atoms. The topological polar surface area (TPSA) is 64.0 Å². The van der Waals surface area contributed by atoms with Crippen molar-refractivity contribution in [2.45, 2.75) is 45.1 Å². The van der Waals surface area contributed by atoms with Crippen LogP contribution in [0.3, 0.4) is 0 Å². The number of nitrogens with one attached hydrogen (secondary N) is 1. The average molecular weight is 351 g/mol. The smallest absolute Gasteiger partial charge is 0.261 e. The van der Waals surface area contributed by atoms with E-state index in [2.05, 4.69) is 10.3 Å². The highest BCUT2D eigenvalue weighted by Crippen LogP contribution is 2.60. The van der Waals surface area contributed by atoms with E-state index in [-0.39, 0.29) is 16.9 Å². The minimum atomic E-state index is -0.162. The summed E-state index contributed by atoms with van der Waals surface area (Å²) in [5.41, 5.74) is 0.467. The van der Waals surface area contributed by atoms with Crippen molar-refractivity contribution in [3.63, 3.8) is 0 Å². The highest BCUT2D eigenvalue weighted by molar-refractivity contribution is 5.83. The maximum absolute atomic E-state index is 13.1. The molecule has 6 rings (SSSR count). The summed E-state index contributed by atoms with van der Waals surface area (Å²) in [6.07, 6.45) is 7.13. The van der Waals surface area contributed by atoms with Gasteiger partial charge in [-0.15, -0.1) is 0 Å². The molecule has 5 heteroatoms. The number of fused-ring (bicyclic) bond motifs is 1. The molecule has 4 aliphatic rings.